The van der Waals surface area contributed by atoms with Crippen LogP contribution in [0.2, 0.25) is 0 Å². The van der Waals surface area contributed by atoms with Crippen LogP contribution in [0.25, 0.3) is 10.9 Å². The Morgan fingerprint density at radius 1 is 1.29 bits per heavy atom. The van der Waals surface area contributed by atoms with Crippen LogP contribution in [-0.4, -0.2) is 17.0 Å². The van der Waals surface area contributed by atoms with Gasteiger partial charge in [0.2, 0.25) is 6.10 Å². The number of alkyl carbamates (subject to hydrolysis) is 1. The lowest BCUT2D eigenvalue weighted by Crippen LogP contribution is -2.20. The van der Waals surface area contributed by atoms with Crippen LogP contribution in [0, 0.1) is 0 Å². The number of imide groups is 1. The molecule has 2 heterocycles. The summed E-state index contributed by atoms with van der Waals surface area (Å²) < 4.78 is 5.83. The van der Waals surface area contributed by atoms with Gasteiger partial charge in [-0.3, -0.25) is 10.1 Å². The highest BCUT2D eigenvalue weighted by Crippen LogP contribution is 2.30. The average molecular weight is 295 g/mol. The molecule has 1 aliphatic heterocycles. The fourth-order valence-electron chi connectivity index (χ4n) is 1.89. The lowest BCUT2D eigenvalue weighted by Gasteiger charge is -2.04. The largest absolute Gasteiger partial charge is 0.431 e. The number of H-pyrrole nitrogens is 1. The number of benzene rings is 1. The summed E-state index contributed by atoms with van der Waals surface area (Å²) in [5, 5.41) is 2.96. The number of rotatable bonds is 1. The van der Waals surface area contributed by atoms with Crippen molar-refractivity contribution in [1.29, 1.82) is 0 Å². The molecule has 1 aliphatic rings. The average Bonchev–Trinajstić information content (AvgIpc) is 2.81. The fourth-order valence-corrected chi connectivity index (χ4v) is 2.25. The first-order valence-electron chi connectivity index (χ1n) is 4.93. The summed E-state index contributed by atoms with van der Waals surface area (Å²) in [5.74, 6) is -0.434. The monoisotopic (exact) mass is 294 g/mol. The van der Waals surface area contributed by atoms with Gasteiger partial charge in [-0.25, -0.2) is 4.79 Å². The second-order valence-electron chi connectivity index (χ2n) is 3.71. The van der Waals surface area contributed by atoms with Crippen molar-refractivity contribution in [3.05, 3.63) is 34.4 Å². The van der Waals surface area contributed by atoms with E-state index < -0.39 is 18.1 Å². The summed E-state index contributed by atoms with van der Waals surface area (Å²) in [5.41, 5.74) is 1.54. The molecule has 17 heavy (non-hydrogen) atoms. The van der Waals surface area contributed by atoms with E-state index in [-0.39, 0.29) is 0 Å². The van der Waals surface area contributed by atoms with Crippen LogP contribution in [0.15, 0.2) is 28.9 Å². The van der Waals surface area contributed by atoms with Gasteiger partial charge in [0.15, 0.2) is 0 Å². The SMILES string of the molecule is O=C1NC(=O)C(c2c[nH]c3ccc(Br)cc23)O1. The van der Waals surface area contributed by atoms with Crippen LogP contribution in [0.3, 0.4) is 0 Å². The third-order valence-electron chi connectivity index (χ3n) is 2.65. The molecule has 0 aliphatic carbocycles. The Balaban J connectivity index is 2.14. The molecule has 2 N–H and O–H groups in total. The summed E-state index contributed by atoms with van der Waals surface area (Å²) in [6.45, 7) is 0. The smallest absolute Gasteiger partial charge is 0.415 e. The zero-order chi connectivity index (χ0) is 12.0. The van der Waals surface area contributed by atoms with E-state index in [1.807, 2.05) is 18.2 Å². The molecule has 1 unspecified atom stereocenters. The van der Waals surface area contributed by atoms with Crippen LogP contribution < -0.4 is 5.32 Å². The first kappa shape index (κ1) is 10.3. The Hall–Kier alpha value is -1.82. The molecule has 5 nitrogen and oxygen atoms in total. The van der Waals surface area contributed by atoms with Crippen molar-refractivity contribution in [1.82, 2.24) is 10.3 Å². The van der Waals surface area contributed by atoms with E-state index >= 15 is 0 Å². The molecule has 1 fully saturated rings. The van der Waals surface area contributed by atoms with E-state index in [1.165, 1.54) is 0 Å². The highest BCUT2D eigenvalue weighted by molar-refractivity contribution is 9.10. The second-order valence-corrected chi connectivity index (χ2v) is 4.62. The first-order valence-corrected chi connectivity index (χ1v) is 5.72. The van der Waals surface area contributed by atoms with Gasteiger partial charge in [0, 0.05) is 27.1 Å². The fraction of sp³-hybridized carbons (Fsp3) is 0.0909. The molecule has 1 saturated heterocycles. The van der Waals surface area contributed by atoms with Gasteiger partial charge < -0.3 is 9.72 Å². The number of carbonyl (C=O) groups is 2. The van der Waals surface area contributed by atoms with E-state index in [4.69, 9.17) is 4.74 Å². The maximum atomic E-state index is 11.5. The Morgan fingerprint density at radius 3 is 2.82 bits per heavy atom. The van der Waals surface area contributed by atoms with Crippen molar-refractivity contribution in [2.75, 3.05) is 0 Å². The molecule has 2 amide bonds. The predicted molar refractivity (Wildman–Crippen MR) is 63.4 cm³/mol. The quantitative estimate of drug-likeness (QED) is 0.847. The number of nitrogens with one attached hydrogen (secondary N) is 2. The molecule has 3 rings (SSSR count). The Bertz CT molecular complexity index is 635. The normalized spacial score (nSPS) is 19.5. The minimum atomic E-state index is -0.870. The first-order chi connectivity index (χ1) is 8.15. The molecule has 0 radical (unpaired) electrons. The van der Waals surface area contributed by atoms with Crippen LogP contribution in [0.5, 0.6) is 0 Å². The van der Waals surface area contributed by atoms with Gasteiger partial charge >= 0.3 is 6.09 Å². The van der Waals surface area contributed by atoms with Crippen molar-refractivity contribution in [3.63, 3.8) is 0 Å². The Labute approximate surface area is 104 Å². The van der Waals surface area contributed by atoms with Gasteiger partial charge in [-0.1, -0.05) is 15.9 Å². The third kappa shape index (κ3) is 1.61. The molecule has 6 heteroatoms. The number of carbonyl (C=O) groups excluding carboxylic acids is 2. The van der Waals surface area contributed by atoms with Crippen molar-refractivity contribution in [2.24, 2.45) is 0 Å². The van der Waals surface area contributed by atoms with Gasteiger partial charge in [-0.2, -0.15) is 0 Å². The van der Waals surface area contributed by atoms with Gasteiger partial charge in [0.25, 0.3) is 5.91 Å². The van der Waals surface area contributed by atoms with Crippen LogP contribution in [0.4, 0.5) is 4.79 Å². The van der Waals surface area contributed by atoms with Gasteiger partial charge in [-0.15, -0.1) is 0 Å². The molecule has 1 aromatic carbocycles. The highest BCUT2D eigenvalue weighted by Gasteiger charge is 2.35. The number of fused-ring (bicyclic) bond motifs is 1. The van der Waals surface area contributed by atoms with Gasteiger partial charge in [0.05, 0.1) is 0 Å². The summed E-state index contributed by atoms with van der Waals surface area (Å²) in [6, 6.07) is 5.65. The summed E-state index contributed by atoms with van der Waals surface area (Å²) in [7, 11) is 0. The van der Waals surface area contributed by atoms with E-state index in [1.54, 1.807) is 6.20 Å². The minimum absolute atomic E-state index is 0.434. The molecule has 1 atom stereocenters. The third-order valence-corrected chi connectivity index (χ3v) is 3.14. The maximum absolute atomic E-state index is 11.5. The van der Waals surface area contributed by atoms with Crippen molar-refractivity contribution in [3.8, 4) is 0 Å². The van der Waals surface area contributed by atoms with Gasteiger partial charge in [0.1, 0.15) is 0 Å². The van der Waals surface area contributed by atoms with Crippen LogP contribution in [0.1, 0.15) is 11.7 Å². The number of cyclic esters (lactones) is 1. The highest BCUT2D eigenvalue weighted by atomic mass is 79.9. The topological polar surface area (TPSA) is 71.2 Å². The van der Waals surface area contributed by atoms with Crippen LogP contribution >= 0.6 is 15.9 Å². The number of aromatic amines is 1. The maximum Gasteiger partial charge on any atom is 0.415 e. The zero-order valence-corrected chi connectivity index (χ0v) is 10.1. The molecule has 0 saturated carbocycles. The molecule has 0 spiro atoms. The Kier molecular flexibility index (Phi) is 2.19. The predicted octanol–water partition coefficient (Wildman–Crippen LogP) is 2.24. The minimum Gasteiger partial charge on any atom is -0.431 e. The summed E-state index contributed by atoms with van der Waals surface area (Å²) in [6.07, 6.45) is 0.106. The number of ether oxygens (including phenoxy) is 1. The Morgan fingerprint density at radius 2 is 2.12 bits per heavy atom. The van der Waals surface area contributed by atoms with E-state index in [0.717, 1.165) is 15.4 Å². The van der Waals surface area contributed by atoms with E-state index in [9.17, 15) is 9.59 Å². The second kappa shape index (κ2) is 3.59. The molecular weight excluding hydrogens is 288 g/mol. The standard InChI is InChI=1S/C11H7BrN2O3/c12-5-1-2-8-6(3-5)7(4-13-8)9-10(15)14-11(16)17-9/h1-4,9,13H,(H,14,15,16). The number of hydrogen-bond acceptors (Lipinski definition) is 3. The van der Waals surface area contributed by atoms with Crippen molar-refractivity contribution < 1.29 is 14.3 Å². The van der Waals surface area contributed by atoms with Crippen molar-refractivity contribution >= 4 is 38.8 Å². The number of hydrogen-bond donors (Lipinski definition) is 2. The lowest BCUT2D eigenvalue weighted by molar-refractivity contribution is -0.123. The van der Waals surface area contributed by atoms with Crippen LogP contribution in [-0.2, 0) is 9.53 Å². The van der Waals surface area contributed by atoms with Gasteiger partial charge in [-0.05, 0) is 18.2 Å². The van der Waals surface area contributed by atoms with E-state index in [2.05, 4.69) is 26.2 Å². The molecule has 86 valence electrons. The summed E-state index contributed by atoms with van der Waals surface area (Å²) >= 11 is 3.36. The van der Waals surface area contributed by atoms with Crippen molar-refractivity contribution in [2.45, 2.75) is 6.10 Å². The molecular formula is C11H7BrN2O3. The molecule has 1 aromatic heterocycles. The number of amides is 2. The number of halogens is 1. The number of aromatic nitrogens is 1. The molecule has 0 bridgehead atoms. The van der Waals surface area contributed by atoms with E-state index in [0.29, 0.717) is 5.56 Å². The lowest BCUT2D eigenvalue weighted by atomic mass is 10.1. The zero-order valence-electron chi connectivity index (χ0n) is 8.49. The molecule has 2 aromatic rings. The summed E-state index contributed by atoms with van der Waals surface area (Å²) in [4.78, 5) is 25.6.